The molecule has 0 radical (unpaired) electrons. The fraction of sp³-hybridized carbons (Fsp3) is 0.455. The molecule has 0 heterocycles. The molecule has 0 aromatic heterocycles. The van der Waals surface area contributed by atoms with E-state index in [1.807, 2.05) is 6.92 Å². The molecule has 0 spiro atoms. The Morgan fingerprint density at radius 1 is 1.21 bits per heavy atom. The third kappa shape index (κ3) is 3.42. The molecule has 0 fully saturated rings. The van der Waals surface area contributed by atoms with Crippen LogP contribution in [0.25, 0.3) is 0 Å². The summed E-state index contributed by atoms with van der Waals surface area (Å²) >= 11 is 0. The van der Waals surface area contributed by atoms with E-state index in [0.717, 1.165) is 12.5 Å². The highest BCUT2D eigenvalue weighted by atomic mass is 19.1. The van der Waals surface area contributed by atoms with Crippen LogP contribution in [-0.2, 0) is 6.42 Å². The molecule has 0 aliphatic carbocycles. The summed E-state index contributed by atoms with van der Waals surface area (Å²) in [5.74, 6) is -0.637. The van der Waals surface area contributed by atoms with Crippen LogP contribution in [0.5, 0.6) is 0 Å². The lowest BCUT2D eigenvalue weighted by Gasteiger charge is -2.07. The summed E-state index contributed by atoms with van der Waals surface area (Å²) in [6.07, 6.45) is 1.53. The number of hydrogen-bond donors (Lipinski definition) is 1. The zero-order chi connectivity index (χ0) is 10.6. The Morgan fingerprint density at radius 2 is 1.79 bits per heavy atom. The Balaban J connectivity index is 2.58. The minimum Gasteiger partial charge on any atom is -0.330 e. The summed E-state index contributed by atoms with van der Waals surface area (Å²) in [6.45, 7) is 2.63. The van der Waals surface area contributed by atoms with Crippen LogP contribution in [0.3, 0.4) is 0 Å². The molecular weight excluding hydrogens is 184 g/mol. The second-order valence-electron chi connectivity index (χ2n) is 3.66. The monoisotopic (exact) mass is 199 g/mol. The Bertz CT molecular complexity index is 279. The molecule has 78 valence electrons. The van der Waals surface area contributed by atoms with Gasteiger partial charge in [-0.15, -0.1) is 0 Å². The molecular formula is C11H15F2N. The minimum absolute atomic E-state index is 0.390. The van der Waals surface area contributed by atoms with Crippen molar-refractivity contribution >= 4 is 0 Å². The molecule has 1 aromatic rings. The SMILES string of the molecule is CC(CN)CCc1cc(F)cc(F)c1. The van der Waals surface area contributed by atoms with Crippen LogP contribution in [0, 0.1) is 17.6 Å². The van der Waals surface area contributed by atoms with Crippen LogP contribution >= 0.6 is 0 Å². The van der Waals surface area contributed by atoms with Crippen molar-refractivity contribution in [1.29, 1.82) is 0 Å². The lowest BCUT2D eigenvalue weighted by molar-refractivity contribution is 0.537. The van der Waals surface area contributed by atoms with Gasteiger partial charge in [-0.1, -0.05) is 6.92 Å². The zero-order valence-corrected chi connectivity index (χ0v) is 8.26. The Morgan fingerprint density at radius 3 is 2.29 bits per heavy atom. The highest BCUT2D eigenvalue weighted by molar-refractivity contribution is 5.17. The highest BCUT2D eigenvalue weighted by Crippen LogP contribution is 2.12. The Labute approximate surface area is 82.9 Å². The molecule has 3 heteroatoms. The van der Waals surface area contributed by atoms with Gasteiger partial charge in [-0.3, -0.25) is 0 Å². The molecule has 1 nitrogen and oxygen atoms in total. The van der Waals surface area contributed by atoms with Crippen LogP contribution in [0.1, 0.15) is 18.9 Å². The van der Waals surface area contributed by atoms with E-state index in [4.69, 9.17) is 5.73 Å². The van der Waals surface area contributed by atoms with Gasteiger partial charge in [0, 0.05) is 6.07 Å². The van der Waals surface area contributed by atoms with Gasteiger partial charge in [0.05, 0.1) is 0 Å². The fourth-order valence-corrected chi connectivity index (χ4v) is 1.29. The molecule has 2 N–H and O–H groups in total. The predicted octanol–water partition coefficient (Wildman–Crippen LogP) is 2.49. The molecule has 0 aliphatic rings. The number of nitrogens with two attached hydrogens (primary N) is 1. The van der Waals surface area contributed by atoms with Gasteiger partial charge in [0.15, 0.2) is 0 Å². The first-order chi connectivity index (χ1) is 6.61. The van der Waals surface area contributed by atoms with Crippen molar-refractivity contribution in [2.75, 3.05) is 6.54 Å². The topological polar surface area (TPSA) is 26.0 Å². The quantitative estimate of drug-likeness (QED) is 0.792. The maximum atomic E-state index is 12.8. The molecule has 1 atom stereocenters. The summed E-state index contributed by atoms with van der Waals surface area (Å²) in [4.78, 5) is 0. The Hall–Kier alpha value is -0.960. The summed E-state index contributed by atoms with van der Waals surface area (Å²) in [5.41, 5.74) is 6.14. The van der Waals surface area contributed by atoms with Crippen LogP contribution < -0.4 is 5.73 Å². The van der Waals surface area contributed by atoms with Gasteiger partial charge in [0.25, 0.3) is 0 Å². The number of rotatable bonds is 4. The normalized spacial score (nSPS) is 12.9. The largest absolute Gasteiger partial charge is 0.330 e. The molecule has 1 aromatic carbocycles. The van der Waals surface area contributed by atoms with Crippen LogP contribution in [0.15, 0.2) is 18.2 Å². The van der Waals surface area contributed by atoms with Crippen LogP contribution in [-0.4, -0.2) is 6.54 Å². The maximum absolute atomic E-state index is 12.8. The van der Waals surface area contributed by atoms with Gasteiger partial charge in [-0.25, -0.2) is 8.78 Å². The maximum Gasteiger partial charge on any atom is 0.126 e. The molecule has 0 saturated carbocycles. The van der Waals surface area contributed by atoms with E-state index in [1.165, 1.54) is 12.1 Å². The van der Waals surface area contributed by atoms with Crippen molar-refractivity contribution in [2.24, 2.45) is 11.7 Å². The summed E-state index contributed by atoms with van der Waals surface area (Å²) < 4.78 is 25.5. The summed E-state index contributed by atoms with van der Waals surface area (Å²) in [6, 6.07) is 3.62. The van der Waals surface area contributed by atoms with E-state index >= 15 is 0 Å². The molecule has 0 bridgehead atoms. The van der Waals surface area contributed by atoms with Gasteiger partial charge in [-0.05, 0) is 43.0 Å². The average molecular weight is 199 g/mol. The lowest BCUT2D eigenvalue weighted by atomic mass is 10.0. The van der Waals surface area contributed by atoms with Crippen molar-refractivity contribution in [3.63, 3.8) is 0 Å². The van der Waals surface area contributed by atoms with Gasteiger partial charge < -0.3 is 5.73 Å². The van der Waals surface area contributed by atoms with Crippen molar-refractivity contribution in [2.45, 2.75) is 19.8 Å². The average Bonchev–Trinajstić information content (AvgIpc) is 2.12. The first kappa shape index (κ1) is 11.1. The fourth-order valence-electron chi connectivity index (χ4n) is 1.29. The zero-order valence-electron chi connectivity index (χ0n) is 8.26. The van der Waals surface area contributed by atoms with Crippen molar-refractivity contribution in [1.82, 2.24) is 0 Å². The number of benzene rings is 1. The van der Waals surface area contributed by atoms with E-state index in [9.17, 15) is 8.78 Å². The van der Waals surface area contributed by atoms with Gasteiger partial charge in [-0.2, -0.15) is 0 Å². The minimum atomic E-state index is -0.514. The van der Waals surface area contributed by atoms with Crippen molar-refractivity contribution in [3.8, 4) is 0 Å². The molecule has 0 amide bonds. The first-order valence-corrected chi connectivity index (χ1v) is 4.77. The molecule has 14 heavy (non-hydrogen) atoms. The van der Waals surface area contributed by atoms with Gasteiger partial charge in [0.1, 0.15) is 11.6 Å². The van der Waals surface area contributed by atoms with E-state index in [0.29, 0.717) is 24.4 Å². The molecule has 1 rings (SSSR count). The standard InChI is InChI=1S/C11H15F2N/c1-8(7-14)2-3-9-4-10(12)6-11(13)5-9/h4-6,8H,2-3,7,14H2,1H3. The summed E-state index contributed by atoms with van der Waals surface area (Å²) in [5, 5.41) is 0. The van der Waals surface area contributed by atoms with Gasteiger partial charge in [0.2, 0.25) is 0 Å². The smallest absolute Gasteiger partial charge is 0.126 e. The van der Waals surface area contributed by atoms with E-state index in [2.05, 4.69) is 0 Å². The number of aryl methyl sites for hydroxylation is 1. The third-order valence-electron chi connectivity index (χ3n) is 2.25. The molecule has 0 saturated heterocycles. The lowest BCUT2D eigenvalue weighted by Crippen LogP contribution is -2.11. The summed E-state index contributed by atoms with van der Waals surface area (Å²) in [7, 11) is 0. The number of halogens is 2. The molecule has 0 aliphatic heterocycles. The van der Waals surface area contributed by atoms with Crippen molar-refractivity contribution < 1.29 is 8.78 Å². The van der Waals surface area contributed by atoms with E-state index < -0.39 is 11.6 Å². The van der Waals surface area contributed by atoms with Crippen LogP contribution in [0.4, 0.5) is 8.78 Å². The predicted molar refractivity (Wildman–Crippen MR) is 52.9 cm³/mol. The van der Waals surface area contributed by atoms with Crippen LogP contribution in [0.2, 0.25) is 0 Å². The first-order valence-electron chi connectivity index (χ1n) is 4.77. The second-order valence-corrected chi connectivity index (χ2v) is 3.66. The Kier molecular flexibility index (Phi) is 4.01. The van der Waals surface area contributed by atoms with Crippen molar-refractivity contribution in [3.05, 3.63) is 35.4 Å². The highest BCUT2D eigenvalue weighted by Gasteiger charge is 2.03. The van der Waals surface area contributed by atoms with E-state index in [-0.39, 0.29) is 0 Å². The molecule has 1 unspecified atom stereocenters. The number of hydrogen-bond acceptors (Lipinski definition) is 1. The second kappa shape index (κ2) is 5.05. The van der Waals surface area contributed by atoms with Gasteiger partial charge >= 0.3 is 0 Å². The van der Waals surface area contributed by atoms with E-state index in [1.54, 1.807) is 0 Å². The third-order valence-corrected chi connectivity index (χ3v) is 2.25.